The number of hydrogen-bond donors (Lipinski definition) is 5. The molecule has 0 rings (SSSR count). The van der Waals surface area contributed by atoms with Crippen molar-refractivity contribution < 1.29 is 0 Å². The number of nitrogens with zero attached hydrogens (tertiary/aromatic N) is 1. The van der Waals surface area contributed by atoms with Crippen molar-refractivity contribution in [1.29, 1.82) is 10.8 Å². The molecule has 6 nitrogen and oxygen atoms in total. The monoisotopic (exact) mass is 344 g/mol. The van der Waals surface area contributed by atoms with Crippen molar-refractivity contribution in [2.45, 2.75) is 43.2 Å². The molecule has 1 atom stereocenters. The van der Waals surface area contributed by atoms with Crippen LogP contribution in [0.2, 0.25) is 4.18 Å². The van der Waals surface area contributed by atoms with Gasteiger partial charge in [-0.15, -0.1) is 0 Å². The summed E-state index contributed by atoms with van der Waals surface area (Å²) < 4.78 is 2.43. The third kappa shape index (κ3) is 8.31. The summed E-state index contributed by atoms with van der Waals surface area (Å²) in [5.74, 6) is 6.04. The molecule has 0 aliphatic rings. The number of unbranched alkanes of at least 4 members (excludes halogenated alkanes) is 2. The summed E-state index contributed by atoms with van der Waals surface area (Å²) in [6.45, 7) is 2.17. The molecular formula is C10H25InN6. The van der Waals surface area contributed by atoms with Crippen LogP contribution >= 0.6 is 0 Å². The summed E-state index contributed by atoms with van der Waals surface area (Å²) in [6, 6.07) is 0. The SMILES string of the molecule is CCCCCC(C[CH2][InH][N](N)C(=N)N)C(=N)N. The van der Waals surface area contributed by atoms with Crippen LogP contribution < -0.4 is 17.3 Å². The predicted octanol–water partition coefficient (Wildman–Crippen LogP) is 0.348. The number of hydrazine groups is 1. The van der Waals surface area contributed by atoms with E-state index < -0.39 is 23.2 Å². The fraction of sp³-hybridized carbons (Fsp3) is 0.800. The fourth-order valence-corrected chi connectivity index (χ4v) is 5.31. The molecule has 0 saturated heterocycles. The van der Waals surface area contributed by atoms with E-state index in [0.717, 1.165) is 23.4 Å². The maximum absolute atomic E-state index is 7.55. The second-order valence-corrected chi connectivity index (χ2v) is 9.61. The van der Waals surface area contributed by atoms with Crippen LogP contribution in [0, 0.1) is 16.7 Å². The molecule has 1 unspecified atom stereocenters. The Hall–Kier alpha value is -0.430. The van der Waals surface area contributed by atoms with Crippen LogP contribution in [0.3, 0.4) is 0 Å². The maximum atomic E-state index is 7.55. The van der Waals surface area contributed by atoms with E-state index >= 15 is 0 Å². The molecule has 0 aromatic heterocycles. The number of amidine groups is 1. The van der Waals surface area contributed by atoms with Crippen molar-refractivity contribution in [3.63, 3.8) is 0 Å². The van der Waals surface area contributed by atoms with E-state index in [1.54, 1.807) is 0 Å². The van der Waals surface area contributed by atoms with Gasteiger partial charge in [0.15, 0.2) is 0 Å². The molecule has 0 aromatic carbocycles. The molecule has 0 saturated carbocycles. The minimum atomic E-state index is -1.34. The normalized spacial score (nSPS) is 11.9. The third-order valence-corrected chi connectivity index (χ3v) is 7.27. The number of rotatable bonds is 9. The first-order chi connectivity index (χ1) is 7.99. The van der Waals surface area contributed by atoms with Gasteiger partial charge in [-0.25, -0.2) is 0 Å². The van der Waals surface area contributed by atoms with Crippen LogP contribution in [0.25, 0.3) is 0 Å². The Kier molecular flexibility index (Phi) is 9.34. The summed E-state index contributed by atoms with van der Waals surface area (Å²) in [5.41, 5.74) is 10.9. The molecule has 17 heavy (non-hydrogen) atoms. The van der Waals surface area contributed by atoms with Crippen LogP contribution in [0.15, 0.2) is 0 Å². The van der Waals surface area contributed by atoms with Crippen molar-refractivity contribution in [2.24, 2.45) is 23.2 Å². The van der Waals surface area contributed by atoms with E-state index in [4.69, 9.17) is 28.1 Å². The van der Waals surface area contributed by atoms with Gasteiger partial charge in [0.1, 0.15) is 0 Å². The Morgan fingerprint density at radius 3 is 2.35 bits per heavy atom. The first kappa shape index (κ1) is 16.6. The number of guanidine groups is 1. The molecule has 0 spiro atoms. The van der Waals surface area contributed by atoms with Gasteiger partial charge in [0.25, 0.3) is 0 Å². The second-order valence-electron chi connectivity index (χ2n) is 4.37. The van der Waals surface area contributed by atoms with Gasteiger partial charge < -0.3 is 0 Å². The Bertz CT molecular complexity index is 245. The summed E-state index contributed by atoms with van der Waals surface area (Å²) in [5, 5.41) is 14.7. The Morgan fingerprint density at radius 1 is 1.24 bits per heavy atom. The van der Waals surface area contributed by atoms with Crippen molar-refractivity contribution in [1.82, 2.24) is 3.00 Å². The average Bonchev–Trinajstić information content (AvgIpc) is 2.26. The van der Waals surface area contributed by atoms with Crippen LogP contribution in [0.1, 0.15) is 39.0 Å². The number of hydrogen-bond acceptors (Lipinski definition) is 3. The minimum absolute atomic E-state index is 0.0360. The molecule has 0 fully saturated rings. The Balaban J connectivity index is 3.85. The van der Waals surface area contributed by atoms with E-state index in [-0.39, 0.29) is 11.9 Å². The second kappa shape index (κ2) is 9.58. The Labute approximate surface area is 115 Å². The van der Waals surface area contributed by atoms with Gasteiger partial charge in [-0.2, -0.15) is 0 Å². The predicted molar refractivity (Wildman–Crippen MR) is 74.1 cm³/mol. The quantitative estimate of drug-likeness (QED) is 0.136. The van der Waals surface area contributed by atoms with E-state index in [1.807, 2.05) is 0 Å². The van der Waals surface area contributed by atoms with Crippen molar-refractivity contribution in [2.75, 3.05) is 0 Å². The molecule has 98 valence electrons. The van der Waals surface area contributed by atoms with Crippen molar-refractivity contribution in [3.8, 4) is 0 Å². The van der Waals surface area contributed by atoms with Crippen LogP contribution in [0.5, 0.6) is 0 Å². The molecule has 0 amide bonds. The van der Waals surface area contributed by atoms with Gasteiger partial charge in [-0.05, 0) is 0 Å². The molecule has 0 aliphatic heterocycles. The molecule has 0 heterocycles. The molecule has 7 heteroatoms. The van der Waals surface area contributed by atoms with Crippen LogP contribution in [0.4, 0.5) is 0 Å². The van der Waals surface area contributed by atoms with E-state index in [0.29, 0.717) is 5.84 Å². The standard InChI is InChI=1S/C9H19N2.CH5N4.In.H/c1-3-5-6-7-8(4-2)9(10)11;2-1(3)5-4;;/h8H,2-7H2,1H3,(H3,10,11);4H2,(H3-,2,3,5);;/q;-1;+1;. The molecule has 0 bridgehead atoms. The van der Waals surface area contributed by atoms with E-state index in [2.05, 4.69) is 6.92 Å². The summed E-state index contributed by atoms with van der Waals surface area (Å²) in [4.78, 5) is 0. The van der Waals surface area contributed by atoms with Gasteiger partial charge in [-0.1, -0.05) is 0 Å². The zero-order chi connectivity index (χ0) is 13.3. The summed E-state index contributed by atoms with van der Waals surface area (Å²) in [6.07, 6.45) is 5.44. The zero-order valence-corrected chi connectivity index (χ0v) is 14.7. The fourth-order valence-electron chi connectivity index (χ4n) is 1.72. The van der Waals surface area contributed by atoms with Crippen molar-refractivity contribution in [3.05, 3.63) is 0 Å². The third-order valence-electron chi connectivity index (χ3n) is 2.86. The molecule has 8 N–H and O–H groups in total. The first-order valence-electron chi connectivity index (χ1n) is 6.19. The van der Waals surface area contributed by atoms with Crippen molar-refractivity contribution >= 4 is 35.0 Å². The number of nitrogens with one attached hydrogen (secondary N) is 2. The van der Waals surface area contributed by atoms with Gasteiger partial charge in [0, 0.05) is 0 Å². The summed E-state index contributed by atoms with van der Waals surface area (Å²) in [7, 11) is 0. The zero-order valence-electron chi connectivity index (χ0n) is 10.7. The van der Waals surface area contributed by atoms with Gasteiger partial charge >= 0.3 is 115 Å². The first-order valence-corrected chi connectivity index (χ1v) is 10.8. The van der Waals surface area contributed by atoms with Crippen LogP contribution in [-0.4, -0.2) is 38.0 Å². The van der Waals surface area contributed by atoms with Gasteiger partial charge in [-0.3, -0.25) is 0 Å². The molecule has 0 aliphatic carbocycles. The molecule has 0 aromatic rings. The van der Waals surface area contributed by atoms with Crippen LogP contribution in [-0.2, 0) is 0 Å². The van der Waals surface area contributed by atoms with Gasteiger partial charge in [0.2, 0.25) is 0 Å². The van der Waals surface area contributed by atoms with Gasteiger partial charge in [0.05, 0.1) is 0 Å². The Morgan fingerprint density at radius 2 is 1.88 bits per heavy atom. The van der Waals surface area contributed by atoms with E-state index in [1.165, 1.54) is 15.8 Å². The number of nitrogens with two attached hydrogens (primary N) is 3. The topological polar surface area (TPSA) is 129 Å². The molecule has 0 radical (unpaired) electrons. The average molecular weight is 344 g/mol. The summed E-state index contributed by atoms with van der Waals surface area (Å²) >= 11 is -1.34. The van der Waals surface area contributed by atoms with E-state index in [9.17, 15) is 0 Å². The molecular weight excluding hydrogens is 319 g/mol.